The molecule has 0 bridgehead atoms. The maximum absolute atomic E-state index is 5.89. The second-order valence-electron chi connectivity index (χ2n) is 4.91. The van der Waals surface area contributed by atoms with E-state index in [9.17, 15) is 0 Å². The summed E-state index contributed by atoms with van der Waals surface area (Å²) in [6.07, 6.45) is 3.52. The Morgan fingerprint density at radius 1 is 0.909 bits per heavy atom. The van der Waals surface area contributed by atoms with Crippen LogP contribution in [-0.2, 0) is 11.2 Å². The van der Waals surface area contributed by atoms with Gasteiger partial charge in [0.1, 0.15) is 5.75 Å². The molecule has 0 aromatic heterocycles. The molecular weight excluding hydrogens is 296 g/mol. The van der Waals surface area contributed by atoms with E-state index < -0.39 is 0 Å². The molecule has 0 fully saturated rings. The first kappa shape index (κ1) is 16.6. The van der Waals surface area contributed by atoms with Crippen molar-refractivity contribution < 1.29 is 9.47 Å². The van der Waals surface area contributed by atoms with Gasteiger partial charge in [0, 0.05) is 18.4 Å². The van der Waals surface area contributed by atoms with Crippen molar-refractivity contribution in [1.82, 2.24) is 0 Å². The average Bonchev–Trinajstić information content (AvgIpc) is 2.56. The number of ether oxygens (including phenoxy) is 2. The van der Waals surface area contributed by atoms with Crippen LogP contribution in [0, 0.1) is 0 Å². The van der Waals surface area contributed by atoms with Crippen molar-refractivity contribution in [2.75, 3.05) is 19.8 Å². The summed E-state index contributed by atoms with van der Waals surface area (Å²) in [6, 6.07) is 18.6. The van der Waals surface area contributed by atoms with Crippen LogP contribution in [0.3, 0.4) is 0 Å². The number of hydrogen-bond acceptors (Lipinski definition) is 2. The molecule has 2 aromatic rings. The third-order valence-corrected chi connectivity index (χ3v) is 3.38. The fourth-order valence-corrected chi connectivity index (χ4v) is 2.21. The van der Waals surface area contributed by atoms with Crippen molar-refractivity contribution in [3.63, 3.8) is 0 Å². The Morgan fingerprint density at radius 2 is 1.68 bits per heavy atom. The zero-order valence-electron chi connectivity index (χ0n) is 12.6. The lowest BCUT2D eigenvalue weighted by molar-refractivity contribution is 0.143. The smallest absolute Gasteiger partial charge is 0.122 e. The highest BCUT2D eigenvalue weighted by Gasteiger charge is 2.04. The molecule has 0 aliphatic carbocycles. The molecule has 0 aliphatic rings. The second kappa shape index (κ2) is 10.0. The molecule has 0 N–H and O–H groups in total. The molecule has 0 radical (unpaired) electrons. The number of halogens is 1. The fraction of sp³-hybridized carbons (Fsp3) is 0.263. The van der Waals surface area contributed by atoms with Gasteiger partial charge in [-0.25, -0.2) is 0 Å². The minimum Gasteiger partial charge on any atom is -0.493 e. The summed E-state index contributed by atoms with van der Waals surface area (Å²) in [6.45, 7) is 1.87. The standard InChI is InChI=1S/C19H21ClO2/c20-12-6-13-21-14-7-15-22-19-11-5-4-10-18(19)16-17-8-2-1-3-9-17/h1-6,8-12H,7,13-16H2/b12-6+. The van der Waals surface area contributed by atoms with Crippen LogP contribution < -0.4 is 4.74 Å². The minimum absolute atomic E-state index is 0.550. The molecule has 116 valence electrons. The predicted molar refractivity (Wildman–Crippen MR) is 91.6 cm³/mol. The monoisotopic (exact) mass is 316 g/mol. The Kier molecular flexibility index (Phi) is 7.57. The van der Waals surface area contributed by atoms with Crippen LogP contribution in [0.4, 0.5) is 0 Å². The van der Waals surface area contributed by atoms with Crippen molar-refractivity contribution in [2.24, 2.45) is 0 Å². The summed E-state index contributed by atoms with van der Waals surface area (Å²) in [4.78, 5) is 0. The highest BCUT2D eigenvalue weighted by Crippen LogP contribution is 2.21. The van der Waals surface area contributed by atoms with Gasteiger partial charge in [0.25, 0.3) is 0 Å². The molecule has 0 saturated carbocycles. The van der Waals surface area contributed by atoms with Crippen LogP contribution in [0.2, 0.25) is 0 Å². The first-order chi connectivity index (χ1) is 10.9. The van der Waals surface area contributed by atoms with Crippen molar-refractivity contribution >= 4 is 11.6 Å². The Balaban J connectivity index is 1.81. The van der Waals surface area contributed by atoms with Gasteiger partial charge < -0.3 is 9.47 Å². The highest BCUT2D eigenvalue weighted by molar-refractivity contribution is 6.25. The van der Waals surface area contributed by atoms with E-state index >= 15 is 0 Å². The van der Waals surface area contributed by atoms with Gasteiger partial charge in [-0.2, -0.15) is 0 Å². The summed E-state index contributed by atoms with van der Waals surface area (Å²) in [5.41, 5.74) is 3.96. The summed E-state index contributed by atoms with van der Waals surface area (Å²) in [5.74, 6) is 0.951. The molecule has 0 unspecified atom stereocenters. The fourth-order valence-electron chi connectivity index (χ4n) is 2.14. The van der Waals surface area contributed by atoms with Crippen LogP contribution in [0.15, 0.2) is 66.2 Å². The van der Waals surface area contributed by atoms with E-state index in [4.69, 9.17) is 21.1 Å². The van der Waals surface area contributed by atoms with Gasteiger partial charge in [-0.05, 0) is 23.3 Å². The SMILES string of the molecule is Cl/C=C/COCCCOc1ccccc1Cc1ccccc1. The largest absolute Gasteiger partial charge is 0.493 e. The van der Waals surface area contributed by atoms with E-state index in [0.717, 1.165) is 18.6 Å². The predicted octanol–water partition coefficient (Wildman–Crippen LogP) is 4.82. The van der Waals surface area contributed by atoms with Crippen LogP contribution in [0.5, 0.6) is 5.75 Å². The number of para-hydroxylation sites is 1. The molecular formula is C19H21ClO2. The topological polar surface area (TPSA) is 18.5 Å². The lowest BCUT2D eigenvalue weighted by Gasteiger charge is -2.11. The molecule has 2 rings (SSSR count). The third kappa shape index (κ3) is 5.92. The molecule has 2 aromatic carbocycles. The first-order valence-corrected chi connectivity index (χ1v) is 7.91. The van der Waals surface area contributed by atoms with Crippen LogP contribution in [0.1, 0.15) is 17.5 Å². The van der Waals surface area contributed by atoms with Gasteiger partial charge in [-0.1, -0.05) is 60.1 Å². The van der Waals surface area contributed by atoms with E-state index in [0.29, 0.717) is 19.8 Å². The Hall–Kier alpha value is -1.77. The summed E-state index contributed by atoms with van der Waals surface area (Å²) < 4.78 is 11.3. The van der Waals surface area contributed by atoms with Crippen molar-refractivity contribution in [2.45, 2.75) is 12.8 Å². The number of benzene rings is 2. The van der Waals surface area contributed by atoms with Crippen molar-refractivity contribution in [3.8, 4) is 5.75 Å². The maximum atomic E-state index is 5.89. The average molecular weight is 317 g/mol. The molecule has 0 heterocycles. The van der Waals surface area contributed by atoms with Crippen molar-refractivity contribution in [1.29, 1.82) is 0 Å². The molecule has 0 amide bonds. The second-order valence-corrected chi connectivity index (χ2v) is 5.16. The Labute approximate surface area is 137 Å². The van der Waals surface area contributed by atoms with Gasteiger partial charge in [-0.15, -0.1) is 0 Å². The Bertz CT molecular complexity index is 567. The minimum atomic E-state index is 0.550. The van der Waals surface area contributed by atoms with E-state index in [-0.39, 0.29) is 0 Å². The number of rotatable bonds is 9. The van der Waals surface area contributed by atoms with E-state index in [1.807, 2.05) is 24.3 Å². The molecule has 0 atom stereocenters. The zero-order chi connectivity index (χ0) is 15.5. The lowest BCUT2D eigenvalue weighted by Crippen LogP contribution is -2.04. The molecule has 2 nitrogen and oxygen atoms in total. The normalized spacial score (nSPS) is 11.0. The first-order valence-electron chi connectivity index (χ1n) is 7.48. The van der Waals surface area contributed by atoms with Gasteiger partial charge in [0.2, 0.25) is 0 Å². The Morgan fingerprint density at radius 3 is 2.50 bits per heavy atom. The van der Waals surface area contributed by atoms with Crippen LogP contribution in [0.25, 0.3) is 0 Å². The summed E-state index contributed by atoms with van der Waals surface area (Å²) in [5, 5.41) is 0. The van der Waals surface area contributed by atoms with Crippen LogP contribution >= 0.6 is 11.6 Å². The van der Waals surface area contributed by atoms with E-state index in [1.54, 1.807) is 6.08 Å². The summed E-state index contributed by atoms with van der Waals surface area (Å²) in [7, 11) is 0. The molecule has 0 saturated heterocycles. The molecule has 22 heavy (non-hydrogen) atoms. The number of hydrogen-bond donors (Lipinski definition) is 0. The third-order valence-electron chi connectivity index (χ3n) is 3.20. The molecule has 0 aliphatic heterocycles. The lowest BCUT2D eigenvalue weighted by atomic mass is 10.0. The van der Waals surface area contributed by atoms with Gasteiger partial charge in [0.15, 0.2) is 0 Å². The summed E-state index contributed by atoms with van der Waals surface area (Å²) >= 11 is 5.42. The van der Waals surface area contributed by atoms with Gasteiger partial charge in [-0.3, -0.25) is 0 Å². The zero-order valence-corrected chi connectivity index (χ0v) is 13.3. The molecule has 0 spiro atoms. The van der Waals surface area contributed by atoms with E-state index in [1.165, 1.54) is 16.7 Å². The highest BCUT2D eigenvalue weighted by atomic mass is 35.5. The molecule has 3 heteroatoms. The van der Waals surface area contributed by atoms with Gasteiger partial charge in [0.05, 0.1) is 19.8 Å². The van der Waals surface area contributed by atoms with Crippen molar-refractivity contribution in [3.05, 3.63) is 77.3 Å². The van der Waals surface area contributed by atoms with Crippen LogP contribution in [-0.4, -0.2) is 19.8 Å². The van der Waals surface area contributed by atoms with E-state index in [2.05, 4.69) is 30.3 Å². The van der Waals surface area contributed by atoms with Gasteiger partial charge >= 0.3 is 0 Å². The maximum Gasteiger partial charge on any atom is 0.122 e. The quantitative estimate of drug-likeness (QED) is 0.618.